The minimum absolute atomic E-state index is 0. The van der Waals surface area contributed by atoms with Gasteiger partial charge in [-0.1, -0.05) is 182 Å². The van der Waals surface area contributed by atoms with Gasteiger partial charge in [-0.15, -0.1) is 0 Å². The zero-order valence-electron chi connectivity index (χ0n) is 35.8. The van der Waals surface area contributed by atoms with Crippen LogP contribution in [0.3, 0.4) is 0 Å². The molecule has 321 valence electrons. The van der Waals surface area contributed by atoms with Crippen molar-refractivity contribution in [2.45, 2.75) is 40.0 Å². The van der Waals surface area contributed by atoms with E-state index in [9.17, 15) is 0 Å². The molecule has 0 fully saturated rings. The molecule has 4 nitrogen and oxygen atoms in total. The van der Waals surface area contributed by atoms with Crippen LogP contribution in [0.2, 0.25) is 0 Å². The molecule has 0 saturated carbocycles. The zero-order chi connectivity index (χ0) is 42.0. The van der Waals surface area contributed by atoms with Gasteiger partial charge in [0.15, 0.2) is 0 Å². The van der Waals surface area contributed by atoms with E-state index < -0.39 is 0 Å². The Hall–Kier alpha value is -3.22. The molecular weight excluding hydrogens is 884 g/mol. The molecule has 0 N–H and O–H groups in total. The van der Waals surface area contributed by atoms with Crippen LogP contribution in [0, 0.1) is 0 Å². The van der Waals surface area contributed by atoms with E-state index in [0.29, 0.717) is 0 Å². The third-order valence-electron chi connectivity index (χ3n) is 9.03. The van der Waals surface area contributed by atoms with Crippen LogP contribution in [-0.2, 0) is 38.5 Å². The topological polar surface area (TPSA) is 44.8 Å². The van der Waals surface area contributed by atoms with Gasteiger partial charge in [0, 0.05) is 59.1 Å². The fraction of sp³-hybridized carbons (Fsp3) is 0.288. The molecule has 0 unspecified atom stereocenters. The van der Waals surface area contributed by atoms with E-state index in [1.165, 1.54) is 50.3 Å². The van der Waals surface area contributed by atoms with E-state index in [2.05, 4.69) is 203 Å². The summed E-state index contributed by atoms with van der Waals surface area (Å²) in [5.74, 6) is 0. The minimum Gasteiger partial charge on any atom is -0.382 e. The fourth-order valence-corrected chi connectivity index (χ4v) is 13.2. The van der Waals surface area contributed by atoms with Gasteiger partial charge in [-0.05, 0) is 114 Å². The van der Waals surface area contributed by atoms with Crippen molar-refractivity contribution in [2.75, 3.05) is 58.1 Å². The molecule has 0 aromatic heterocycles. The average Bonchev–Trinajstić information content (AvgIpc) is 3.32. The second kappa shape index (κ2) is 35.4. The third kappa shape index (κ3) is 21.0. The largest absolute Gasteiger partial charge is 0.382 e. The number of ether oxygens (including phenoxy) is 3. The Balaban J connectivity index is 0.000000301. The van der Waals surface area contributed by atoms with Gasteiger partial charge in [0.25, 0.3) is 0 Å². The molecule has 0 aliphatic rings. The van der Waals surface area contributed by atoms with Crippen LogP contribution in [-0.4, -0.2) is 64.9 Å². The summed E-state index contributed by atoms with van der Waals surface area (Å²) in [7, 11) is -0.742. The maximum atomic E-state index is 8.00. The number of carbonyl (C=O) groups excluding carboxylic acids is 1. The summed E-state index contributed by atoms with van der Waals surface area (Å²) in [6.45, 7) is 13.2. The van der Waals surface area contributed by atoms with E-state index in [1.807, 2.05) is 6.79 Å². The molecule has 0 atom stereocenters. The Kier molecular flexibility index (Phi) is 31.2. The van der Waals surface area contributed by atoms with Gasteiger partial charge < -0.3 is 19.0 Å². The van der Waals surface area contributed by atoms with Crippen molar-refractivity contribution in [1.82, 2.24) is 0 Å². The average molecular weight is 950 g/mol. The minimum atomic E-state index is -0.247. The smallest absolute Gasteiger partial charge is 0.106 e. The zero-order valence-corrected chi connectivity index (χ0v) is 40.1. The molecule has 0 aliphatic heterocycles. The van der Waals surface area contributed by atoms with Crippen molar-refractivity contribution in [3.05, 3.63) is 182 Å². The number of benzene rings is 6. The van der Waals surface area contributed by atoms with Crippen molar-refractivity contribution in [3.63, 3.8) is 0 Å². The van der Waals surface area contributed by atoms with Crippen LogP contribution in [0.15, 0.2) is 182 Å². The Morgan fingerprint density at radius 3 is 0.650 bits per heavy atom. The van der Waals surface area contributed by atoms with Crippen molar-refractivity contribution in [2.24, 2.45) is 0 Å². The van der Waals surface area contributed by atoms with Gasteiger partial charge in [-0.2, -0.15) is 0 Å². The second-order valence-corrected chi connectivity index (χ2v) is 20.1. The summed E-state index contributed by atoms with van der Waals surface area (Å²) in [6, 6.07) is 65.1. The van der Waals surface area contributed by atoms with Crippen LogP contribution >= 0.6 is 23.8 Å². The molecule has 0 bridgehead atoms. The fourth-order valence-electron chi connectivity index (χ4n) is 6.28. The van der Waals surface area contributed by atoms with E-state index in [-0.39, 0.29) is 43.2 Å². The van der Waals surface area contributed by atoms with Crippen LogP contribution in [0.25, 0.3) is 0 Å². The molecule has 0 heterocycles. The third-order valence-corrected chi connectivity index (χ3v) is 16.9. The van der Waals surface area contributed by atoms with Crippen LogP contribution in [0.5, 0.6) is 0 Å². The van der Waals surface area contributed by atoms with Gasteiger partial charge in [0.1, 0.15) is 6.79 Å². The van der Waals surface area contributed by atoms with E-state index in [1.54, 1.807) is 0 Å². The molecule has 8 heteroatoms. The summed E-state index contributed by atoms with van der Waals surface area (Å²) >= 11 is 0. The summed E-state index contributed by atoms with van der Waals surface area (Å²) in [5.41, 5.74) is 0. The Morgan fingerprint density at radius 1 is 0.333 bits per heavy atom. The summed E-state index contributed by atoms with van der Waals surface area (Å²) < 4.78 is 16.4. The molecule has 0 amide bonds. The number of carbonyl (C=O) groups is 1. The Morgan fingerprint density at radius 2 is 0.500 bits per heavy atom. The first-order valence-electron chi connectivity index (χ1n) is 20.9. The molecule has 0 saturated heterocycles. The van der Waals surface area contributed by atoms with Crippen molar-refractivity contribution in [3.8, 4) is 0 Å². The Labute approximate surface area is 378 Å². The molecule has 0 aliphatic carbocycles. The maximum absolute atomic E-state index is 8.00. The molecule has 6 aromatic carbocycles. The maximum Gasteiger partial charge on any atom is 0.106 e. The summed E-state index contributed by atoms with van der Waals surface area (Å²) in [5, 5.41) is 8.75. The first-order chi connectivity index (χ1) is 29.2. The van der Waals surface area contributed by atoms with Crippen LogP contribution < -0.4 is 31.8 Å². The van der Waals surface area contributed by atoms with Crippen molar-refractivity contribution in [1.29, 1.82) is 0 Å². The molecule has 1 radical (unpaired) electrons. The Bertz CT molecular complexity index is 1490. The van der Waals surface area contributed by atoms with E-state index in [0.717, 1.165) is 58.9 Å². The standard InChI is InChI=1S/3C17H21OP.CH2O.Rh/c3*1-2-18-14-9-15-19(16-10-5-3-6-11-16)17-12-7-4-8-13-17;1-2;/h3*3-8,10-13H,2,9,14-15H2,1H3;1H2;. The van der Waals surface area contributed by atoms with Crippen LogP contribution in [0.1, 0.15) is 40.0 Å². The van der Waals surface area contributed by atoms with Crippen LogP contribution in [0.4, 0.5) is 0 Å². The molecule has 60 heavy (non-hydrogen) atoms. The van der Waals surface area contributed by atoms with Gasteiger partial charge in [0.05, 0.1) is 0 Å². The SMILES string of the molecule is C=O.CCOCCCP(c1ccccc1)c1ccccc1.CCOCCCP(c1ccccc1)c1ccccc1.CCOCCCP(c1ccccc1)c1ccccc1.[Rh]. The molecular formula is C52H65O4P3Rh. The number of hydrogen-bond acceptors (Lipinski definition) is 4. The predicted octanol–water partition coefficient (Wildman–Crippen LogP) is 10.5. The van der Waals surface area contributed by atoms with Crippen molar-refractivity contribution >= 4 is 62.4 Å². The number of rotatable bonds is 21. The summed E-state index contributed by atoms with van der Waals surface area (Å²) in [6.07, 6.45) is 6.98. The second-order valence-electron chi connectivity index (χ2n) is 13.1. The first-order valence-corrected chi connectivity index (χ1v) is 25.5. The van der Waals surface area contributed by atoms with Crippen molar-refractivity contribution < 1.29 is 38.5 Å². The first kappa shape index (κ1) is 52.9. The molecule has 6 aromatic rings. The van der Waals surface area contributed by atoms with E-state index in [4.69, 9.17) is 19.0 Å². The number of hydrogen-bond donors (Lipinski definition) is 0. The molecule has 0 spiro atoms. The van der Waals surface area contributed by atoms with E-state index >= 15 is 0 Å². The quantitative estimate of drug-likeness (QED) is 0.0410. The predicted molar refractivity (Wildman–Crippen MR) is 262 cm³/mol. The van der Waals surface area contributed by atoms with Gasteiger partial charge in [-0.25, -0.2) is 0 Å². The summed E-state index contributed by atoms with van der Waals surface area (Å²) in [4.78, 5) is 8.00. The van der Waals surface area contributed by atoms with Gasteiger partial charge in [0.2, 0.25) is 0 Å². The van der Waals surface area contributed by atoms with Gasteiger partial charge in [-0.3, -0.25) is 0 Å². The van der Waals surface area contributed by atoms with Gasteiger partial charge >= 0.3 is 0 Å². The molecule has 6 rings (SSSR count). The monoisotopic (exact) mass is 949 g/mol. The normalized spacial score (nSPS) is 10.4.